The van der Waals surface area contributed by atoms with Crippen molar-refractivity contribution in [1.82, 2.24) is 15.1 Å². The van der Waals surface area contributed by atoms with Crippen molar-refractivity contribution in [1.29, 1.82) is 0 Å². The largest absolute Gasteiger partial charge is 0.354 e. The quantitative estimate of drug-likeness (QED) is 0.685. The van der Waals surface area contributed by atoms with Crippen molar-refractivity contribution in [3.63, 3.8) is 0 Å². The van der Waals surface area contributed by atoms with E-state index in [1.54, 1.807) is 6.07 Å². The van der Waals surface area contributed by atoms with E-state index in [0.29, 0.717) is 0 Å². The number of para-hydroxylation sites is 1. The minimum Gasteiger partial charge on any atom is -0.354 e. The highest BCUT2D eigenvalue weighted by Gasteiger charge is 2.21. The summed E-state index contributed by atoms with van der Waals surface area (Å²) in [5.74, 6) is -0.372. The Kier molecular flexibility index (Phi) is 3.48. The number of hydrogen-bond acceptors (Lipinski definition) is 4. The van der Waals surface area contributed by atoms with Gasteiger partial charge in [-0.25, -0.2) is 4.68 Å². The third-order valence-corrected chi connectivity index (χ3v) is 2.75. The lowest BCUT2D eigenvalue weighted by Gasteiger charge is -2.03. The lowest BCUT2D eigenvalue weighted by Crippen LogP contribution is -2.18. The highest BCUT2D eigenvalue weighted by atomic mass is 35.5. The van der Waals surface area contributed by atoms with E-state index >= 15 is 0 Å². The average Bonchev–Trinajstić information content (AvgIpc) is 2.86. The topological polar surface area (TPSA) is 90.1 Å². The van der Waals surface area contributed by atoms with Crippen LogP contribution in [0.2, 0.25) is 5.02 Å². The number of aromatic nitrogens is 2. The smallest absolute Gasteiger partial charge is 0.313 e. The van der Waals surface area contributed by atoms with Gasteiger partial charge in [0.2, 0.25) is 0 Å². The van der Waals surface area contributed by atoms with Crippen molar-refractivity contribution in [3.05, 3.63) is 51.3 Å². The summed E-state index contributed by atoms with van der Waals surface area (Å²) < 4.78 is 1.24. The zero-order valence-corrected chi connectivity index (χ0v) is 10.6. The van der Waals surface area contributed by atoms with E-state index in [9.17, 15) is 14.9 Å². The van der Waals surface area contributed by atoms with Crippen molar-refractivity contribution in [3.8, 4) is 5.69 Å². The number of carbonyl (C=O) groups is 1. The van der Waals surface area contributed by atoms with Crippen LogP contribution in [0.1, 0.15) is 10.5 Å². The summed E-state index contributed by atoms with van der Waals surface area (Å²) in [4.78, 5) is 21.8. The first-order chi connectivity index (χ1) is 9.04. The summed E-state index contributed by atoms with van der Waals surface area (Å²) in [6.45, 7) is 0. The molecule has 1 aromatic carbocycles. The number of rotatable bonds is 3. The second-order valence-electron chi connectivity index (χ2n) is 3.59. The van der Waals surface area contributed by atoms with E-state index in [-0.39, 0.29) is 28.0 Å². The molecule has 0 saturated carbocycles. The van der Waals surface area contributed by atoms with E-state index in [2.05, 4.69) is 10.4 Å². The fraction of sp³-hybridized carbons (Fsp3) is 0.0909. The number of carbonyl (C=O) groups excluding carboxylic acids is 1. The number of nitro benzene ring substituents is 1. The van der Waals surface area contributed by atoms with E-state index in [1.807, 2.05) is 0 Å². The summed E-state index contributed by atoms with van der Waals surface area (Å²) in [6, 6.07) is 5.96. The molecular weight excluding hydrogens is 272 g/mol. The van der Waals surface area contributed by atoms with Crippen LogP contribution in [0.3, 0.4) is 0 Å². The minimum atomic E-state index is -0.584. The molecule has 0 bridgehead atoms. The van der Waals surface area contributed by atoms with E-state index in [1.165, 1.54) is 36.1 Å². The molecular formula is C11H9ClN4O3. The molecule has 2 aromatic rings. The third kappa shape index (κ3) is 2.41. The first-order valence-electron chi connectivity index (χ1n) is 5.25. The molecule has 1 amide bonds. The van der Waals surface area contributed by atoms with Gasteiger partial charge in [-0.1, -0.05) is 17.7 Å². The van der Waals surface area contributed by atoms with Gasteiger partial charge < -0.3 is 5.32 Å². The van der Waals surface area contributed by atoms with Gasteiger partial charge in [0.05, 0.1) is 4.92 Å². The molecule has 0 saturated heterocycles. The van der Waals surface area contributed by atoms with Crippen LogP contribution in [0.15, 0.2) is 30.5 Å². The number of amides is 1. The van der Waals surface area contributed by atoms with Crippen molar-refractivity contribution < 1.29 is 9.72 Å². The molecule has 0 spiro atoms. The predicted octanol–water partition coefficient (Wildman–Crippen LogP) is 1.79. The molecule has 1 N–H and O–H groups in total. The normalized spacial score (nSPS) is 10.2. The maximum atomic E-state index is 11.4. The fourth-order valence-corrected chi connectivity index (χ4v) is 1.82. The second-order valence-corrected chi connectivity index (χ2v) is 4.00. The van der Waals surface area contributed by atoms with Gasteiger partial charge in [0.25, 0.3) is 5.91 Å². The molecule has 1 aromatic heterocycles. The summed E-state index contributed by atoms with van der Waals surface area (Å²) in [6.07, 6.45) is 1.46. The SMILES string of the molecule is CNC(=O)c1ccn(-c2cccc(Cl)c2[N+](=O)[O-])n1. The van der Waals surface area contributed by atoms with Gasteiger partial charge in [0, 0.05) is 13.2 Å². The molecule has 0 radical (unpaired) electrons. The van der Waals surface area contributed by atoms with Gasteiger partial charge >= 0.3 is 5.69 Å². The van der Waals surface area contributed by atoms with Crippen LogP contribution in [0, 0.1) is 10.1 Å². The Morgan fingerprint density at radius 1 is 1.47 bits per heavy atom. The Morgan fingerprint density at radius 2 is 2.21 bits per heavy atom. The van der Waals surface area contributed by atoms with Crippen LogP contribution in [0.5, 0.6) is 0 Å². The molecule has 0 aliphatic carbocycles. The van der Waals surface area contributed by atoms with Gasteiger partial charge in [0.15, 0.2) is 5.69 Å². The monoisotopic (exact) mass is 280 g/mol. The van der Waals surface area contributed by atoms with Gasteiger partial charge in [-0.15, -0.1) is 0 Å². The number of hydrogen-bond donors (Lipinski definition) is 1. The lowest BCUT2D eigenvalue weighted by molar-refractivity contribution is -0.384. The maximum absolute atomic E-state index is 11.4. The Morgan fingerprint density at radius 3 is 2.84 bits per heavy atom. The number of nitrogens with one attached hydrogen (secondary N) is 1. The molecule has 1 heterocycles. The maximum Gasteiger partial charge on any atom is 0.313 e. The number of benzene rings is 1. The summed E-state index contributed by atoms with van der Waals surface area (Å²) in [7, 11) is 1.48. The average molecular weight is 281 g/mol. The summed E-state index contributed by atoms with van der Waals surface area (Å²) >= 11 is 5.81. The minimum absolute atomic E-state index is 0.0134. The van der Waals surface area contributed by atoms with Crippen molar-refractivity contribution in [2.24, 2.45) is 0 Å². The van der Waals surface area contributed by atoms with Gasteiger partial charge in [-0.2, -0.15) is 5.10 Å². The van der Waals surface area contributed by atoms with Crippen molar-refractivity contribution in [2.45, 2.75) is 0 Å². The highest BCUT2D eigenvalue weighted by Crippen LogP contribution is 2.30. The summed E-state index contributed by atoms with van der Waals surface area (Å²) in [5, 5.41) is 17.4. The first-order valence-corrected chi connectivity index (χ1v) is 5.63. The van der Waals surface area contributed by atoms with Crippen LogP contribution >= 0.6 is 11.6 Å². The molecule has 0 fully saturated rings. The van der Waals surface area contributed by atoms with Gasteiger partial charge in [-0.3, -0.25) is 14.9 Å². The van der Waals surface area contributed by atoms with Crippen LogP contribution in [-0.2, 0) is 0 Å². The van der Waals surface area contributed by atoms with Crippen molar-refractivity contribution >= 4 is 23.2 Å². The Hall–Kier alpha value is -2.41. The Labute approximate surface area is 112 Å². The van der Waals surface area contributed by atoms with Gasteiger partial charge in [-0.05, 0) is 18.2 Å². The molecule has 19 heavy (non-hydrogen) atoms. The molecule has 0 aliphatic rings. The van der Waals surface area contributed by atoms with E-state index in [0.717, 1.165) is 0 Å². The lowest BCUT2D eigenvalue weighted by atomic mass is 10.2. The van der Waals surface area contributed by atoms with Crippen LogP contribution < -0.4 is 5.32 Å². The zero-order chi connectivity index (χ0) is 14.0. The standard InChI is InChI=1S/C11H9ClN4O3/c1-13-11(17)8-5-6-15(14-8)9-4-2-3-7(12)10(9)16(18)19/h2-6H,1H3,(H,13,17). The Bertz CT molecular complexity index is 653. The molecule has 0 aliphatic heterocycles. The first kappa shape index (κ1) is 13.0. The van der Waals surface area contributed by atoms with Crippen LogP contribution in [0.25, 0.3) is 5.69 Å². The molecule has 8 heteroatoms. The Balaban J connectivity index is 2.53. The fourth-order valence-electron chi connectivity index (χ4n) is 1.58. The molecule has 0 atom stereocenters. The van der Waals surface area contributed by atoms with Gasteiger partial charge in [0.1, 0.15) is 10.7 Å². The number of halogens is 1. The third-order valence-electron chi connectivity index (χ3n) is 2.44. The van der Waals surface area contributed by atoms with Crippen LogP contribution in [0.4, 0.5) is 5.69 Å². The van der Waals surface area contributed by atoms with Crippen LogP contribution in [-0.4, -0.2) is 27.7 Å². The molecule has 0 unspecified atom stereocenters. The predicted molar refractivity (Wildman–Crippen MR) is 68.6 cm³/mol. The molecule has 2 rings (SSSR count). The summed E-state index contributed by atoms with van der Waals surface area (Å²) in [5.41, 5.74) is 0.111. The molecule has 98 valence electrons. The highest BCUT2D eigenvalue weighted by molar-refractivity contribution is 6.33. The molecule has 7 nitrogen and oxygen atoms in total. The number of nitrogens with zero attached hydrogens (tertiary/aromatic N) is 3. The van der Waals surface area contributed by atoms with Crippen molar-refractivity contribution in [2.75, 3.05) is 7.05 Å². The zero-order valence-electron chi connectivity index (χ0n) is 9.83. The number of nitro groups is 1. The second kappa shape index (κ2) is 5.07. The van der Waals surface area contributed by atoms with E-state index in [4.69, 9.17) is 11.6 Å². The van der Waals surface area contributed by atoms with E-state index < -0.39 is 4.92 Å².